The van der Waals surface area contributed by atoms with Crippen LogP contribution in [0, 0.1) is 0 Å². The number of aromatic nitrogens is 3. The molecule has 1 aliphatic heterocycles. The molecule has 0 bridgehead atoms. The molecular weight excluding hydrogens is 306 g/mol. The molecule has 0 spiro atoms. The summed E-state index contributed by atoms with van der Waals surface area (Å²) in [4.78, 5) is 7.83. The highest BCUT2D eigenvalue weighted by atomic mass is 32.1. The number of hydrogen-bond acceptors (Lipinski definition) is 5. The molecular formula is C17H19N5S. The second kappa shape index (κ2) is 5.70. The van der Waals surface area contributed by atoms with Gasteiger partial charge in [0.2, 0.25) is 5.95 Å². The zero-order chi connectivity index (χ0) is 15.8. The molecule has 0 fully saturated rings. The average molecular weight is 325 g/mol. The molecule has 1 aromatic carbocycles. The third-order valence-corrected chi connectivity index (χ3v) is 5.30. The van der Waals surface area contributed by atoms with Gasteiger partial charge in [-0.05, 0) is 35.6 Å². The third-order valence-electron chi connectivity index (χ3n) is 4.31. The van der Waals surface area contributed by atoms with E-state index in [1.807, 2.05) is 4.68 Å². The fraction of sp³-hybridized carbons (Fsp3) is 0.294. The van der Waals surface area contributed by atoms with Gasteiger partial charge in [0, 0.05) is 24.7 Å². The van der Waals surface area contributed by atoms with E-state index < -0.39 is 0 Å². The number of nitrogens with zero attached hydrogens (tertiary/aromatic N) is 4. The van der Waals surface area contributed by atoms with Crippen molar-refractivity contribution in [2.45, 2.75) is 18.5 Å². The van der Waals surface area contributed by atoms with Crippen LogP contribution < -0.4 is 10.2 Å². The third kappa shape index (κ3) is 2.59. The molecule has 0 saturated carbocycles. The van der Waals surface area contributed by atoms with Gasteiger partial charge in [0.05, 0.1) is 12.1 Å². The predicted octanol–water partition coefficient (Wildman–Crippen LogP) is 3.55. The minimum Gasteiger partial charge on any atom is -0.378 e. The first-order chi connectivity index (χ1) is 11.2. The van der Waals surface area contributed by atoms with Crippen molar-refractivity contribution in [1.29, 1.82) is 0 Å². The minimum absolute atomic E-state index is 0.206. The maximum absolute atomic E-state index is 4.42. The Morgan fingerprint density at radius 2 is 2.04 bits per heavy atom. The lowest BCUT2D eigenvalue weighted by molar-refractivity contribution is 0.433. The standard InChI is InChI=1S/C17H19N5S/c1-21(2)13-7-5-12(6-8-13)15-10-14(16-4-3-9-23-16)20-17-18-11-19-22(15)17/h3-9,11,14-15H,10H2,1-2H3,(H,18,19,20). The lowest BCUT2D eigenvalue weighted by atomic mass is 9.96. The second-order valence-electron chi connectivity index (χ2n) is 5.98. The molecule has 0 aliphatic carbocycles. The second-order valence-corrected chi connectivity index (χ2v) is 6.96. The summed E-state index contributed by atoms with van der Waals surface area (Å²) in [5.41, 5.74) is 2.47. The topological polar surface area (TPSA) is 46.0 Å². The van der Waals surface area contributed by atoms with Crippen LogP contribution in [-0.4, -0.2) is 28.9 Å². The van der Waals surface area contributed by atoms with Crippen LogP contribution in [0.2, 0.25) is 0 Å². The summed E-state index contributed by atoms with van der Waals surface area (Å²) in [6, 6.07) is 13.5. The van der Waals surface area contributed by atoms with E-state index >= 15 is 0 Å². The van der Waals surface area contributed by atoms with Crippen LogP contribution in [-0.2, 0) is 0 Å². The number of thiophene rings is 1. The fourth-order valence-corrected chi connectivity index (χ4v) is 3.86. The Kier molecular flexibility index (Phi) is 3.53. The van der Waals surface area contributed by atoms with Crippen molar-refractivity contribution in [3.05, 3.63) is 58.5 Å². The number of hydrogen-bond donors (Lipinski definition) is 1. The molecule has 2 aromatic heterocycles. The normalized spacial score (nSPS) is 19.9. The molecule has 2 unspecified atom stereocenters. The molecule has 2 atom stereocenters. The molecule has 3 heterocycles. The zero-order valence-electron chi connectivity index (χ0n) is 13.2. The maximum atomic E-state index is 4.42. The molecule has 5 nitrogen and oxygen atoms in total. The van der Waals surface area contributed by atoms with Gasteiger partial charge in [0.15, 0.2) is 0 Å². The average Bonchev–Trinajstić information content (AvgIpc) is 3.25. The number of nitrogens with one attached hydrogen (secondary N) is 1. The van der Waals surface area contributed by atoms with E-state index in [4.69, 9.17) is 0 Å². The van der Waals surface area contributed by atoms with Gasteiger partial charge in [-0.1, -0.05) is 18.2 Å². The van der Waals surface area contributed by atoms with E-state index in [0.29, 0.717) is 0 Å². The Hall–Kier alpha value is -2.34. The lowest BCUT2D eigenvalue weighted by Gasteiger charge is -2.31. The largest absolute Gasteiger partial charge is 0.378 e. The van der Waals surface area contributed by atoms with Gasteiger partial charge >= 0.3 is 0 Å². The first-order valence-corrected chi connectivity index (χ1v) is 8.57. The van der Waals surface area contributed by atoms with E-state index in [-0.39, 0.29) is 12.1 Å². The van der Waals surface area contributed by atoms with Gasteiger partial charge < -0.3 is 10.2 Å². The minimum atomic E-state index is 0.206. The Bertz CT molecular complexity index is 776. The summed E-state index contributed by atoms with van der Waals surface area (Å²) in [7, 11) is 4.11. The van der Waals surface area contributed by atoms with Crippen LogP contribution in [0.3, 0.4) is 0 Å². The molecule has 118 valence electrons. The highest BCUT2D eigenvalue weighted by molar-refractivity contribution is 7.10. The van der Waals surface area contributed by atoms with Crippen molar-refractivity contribution in [3.63, 3.8) is 0 Å². The summed E-state index contributed by atoms with van der Waals surface area (Å²) >= 11 is 1.78. The first kappa shape index (κ1) is 14.3. The monoisotopic (exact) mass is 325 g/mol. The molecule has 6 heteroatoms. The summed E-state index contributed by atoms with van der Waals surface area (Å²) in [6.07, 6.45) is 2.60. The quantitative estimate of drug-likeness (QED) is 0.800. The van der Waals surface area contributed by atoms with Crippen LogP contribution in [0.1, 0.15) is 28.9 Å². The molecule has 4 rings (SSSR count). The van der Waals surface area contributed by atoms with E-state index in [9.17, 15) is 0 Å². The van der Waals surface area contributed by atoms with Gasteiger partial charge in [-0.25, -0.2) is 4.68 Å². The number of benzene rings is 1. The van der Waals surface area contributed by atoms with Crippen molar-refractivity contribution in [2.75, 3.05) is 24.3 Å². The van der Waals surface area contributed by atoms with Crippen LogP contribution in [0.5, 0.6) is 0 Å². The van der Waals surface area contributed by atoms with Crippen LogP contribution in [0.4, 0.5) is 11.6 Å². The molecule has 0 saturated heterocycles. The molecule has 0 amide bonds. The number of anilines is 2. The van der Waals surface area contributed by atoms with Crippen molar-refractivity contribution in [2.24, 2.45) is 0 Å². The first-order valence-electron chi connectivity index (χ1n) is 7.69. The van der Waals surface area contributed by atoms with Gasteiger partial charge in [0.1, 0.15) is 6.33 Å². The highest BCUT2D eigenvalue weighted by Crippen LogP contribution is 2.38. The van der Waals surface area contributed by atoms with Gasteiger partial charge in [-0.3, -0.25) is 0 Å². The molecule has 1 aliphatic rings. The van der Waals surface area contributed by atoms with E-state index in [0.717, 1.165) is 12.4 Å². The molecule has 23 heavy (non-hydrogen) atoms. The lowest BCUT2D eigenvalue weighted by Crippen LogP contribution is -2.27. The van der Waals surface area contributed by atoms with Gasteiger partial charge in [-0.2, -0.15) is 10.1 Å². The maximum Gasteiger partial charge on any atom is 0.222 e. The Morgan fingerprint density at radius 3 is 2.74 bits per heavy atom. The van der Waals surface area contributed by atoms with Crippen molar-refractivity contribution < 1.29 is 0 Å². The van der Waals surface area contributed by atoms with Crippen molar-refractivity contribution in [3.8, 4) is 0 Å². The molecule has 3 aromatic rings. The fourth-order valence-electron chi connectivity index (χ4n) is 3.07. The van der Waals surface area contributed by atoms with E-state index in [1.165, 1.54) is 16.1 Å². The smallest absolute Gasteiger partial charge is 0.222 e. The van der Waals surface area contributed by atoms with Crippen molar-refractivity contribution in [1.82, 2.24) is 14.8 Å². The molecule has 1 N–H and O–H groups in total. The van der Waals surface area contributed by atoms with Crippen LogP contribution in [0.15, 0.2) is 48.1 Å². The Labute approximate surface area is 139 Å². The van der Waals surface area contributed by atoms with Crippen molar-refractivity contribution >= 4 is 23.0 Å². The Balaban J connectivity index is 1.69. The summed E-state index contributed by atoms with van der Waals surface area (Å²) in [5.74, 6) is 0.844. The van der Waals surface area contributed by atoms with Crippen LogP contribution in [0.25, 0.3) is 0 Å². The predicted molar refractivity (Wildman–Crippen MR) is 94.2 cm³/mol. The van der Waals surface area contributed by atoms with Crippen LogP contribution >= 0.6 is 11.3 Å². The number of fused-ring (bicyclic) bond motifs is 1. The van der Waals surface area contributed by atoms with E-state index in [1.54, 1.807) is 17.7 Å². The Morgan fingerprint density at radius 1 is 1.22 bits per heavy atom. The summed E-state index contributed by atoms with van der Waals surface area (Å²) in [6.45, 7) is 0. The summed E-state index contributed by atoms with van der Waals surface area (Å²) < 4.78 is 1.99. The summed E-state index contributed by atoms with van der Waals surface area (Å²) in [5, 5.41) is 10.0. The van der Waals surface area contributed by atoms with Gasteiger partial charge in [-0.15, -0.1) is 11.3 Å². The highest BCUT2D eigenvalue weighted by Gasteiger charge is 2.30. The number of rotatable bonds is 3. The van der Waals surface area contributed by atoms with E-state index in [2.05, 4.69) is 76.2 Å². The SMILES string of the molecule is CN(C)c1ccc(C2CC(c3cccs3)Nc3ncnn32)cc1. The zero-order valence-corrected chi connectivity index (χ0v) is 14.0. The molecule has 0 radical (unpaired) electrons. The van der Waals surface area contributed by atoms with Gasteiger partial charge in [0.25, 0.3) is 0 Å².